The predicted octanol–water partition coefficient (Wildman–Crippen LogP) is 4.10. The Labute approximate surface area is 167 Å². The van der Waals surface area contributed by atoms with Gasteiger partial charge in [-0.3, -0.25) is 4.90 Å². The number of carboxylic acid groups (broad SMARTS) is 1. The van der Waals surface area contributed by atoms with Crippen LogP contribution in [0, 0.1) is 12.8 Å². The topological polar surface area (TPSA) is 59.0 Å². The summed E-state index contributed by atoms with van der Waals surface area (Å²) in [5.74, 6) is -2.06. The van der Waals surface area contributed by atoms with Gasteiger partial charge in [-0.1, -0.05) is 0 Å². The van der Waals surface area contributed by atoms with Crippen LogP contribution in [0.4, 0.5) is 13.2 Å². The van der Waals surface area contributed by atoms with Crippen LogP contribution in [0.25, 0.3) is 0 Å². The zero-order chi connectivity index (χ0) is 20.8. The molecular weight excluding hydrogens is 395 g/mol. The molecule has 0 saturated carbocycles. The predicted molar refractivity (Wildman–Crippen MR) is 101 cm³/mol. The van der Waals surface area contributed by atoms with Crippen molar-refractivity contribution in [3.63, 3.8) is 0 Å². The minimum Gasteiger partial charge on any atom is -0.475 e. The van der Waals surface area contributed by atoms with Crippen molar-refractivity contribution >= 4 is 17.3 Å². The van der Waals surface area contributed by atoms with Gasteiger partial charge in [0.2, 0.25) is 0 Å². The van der Waals surface area contributed by atoms with E-state index in [1.807, 2.05) is 11.3 Å². The Kier molecular flexibility index (Phi) is 8.30. The first-order valence-electron chi connectivity index (χ1n) is 9.37. The Hall–Kier alpha value is -1.16. The van der Waals surface area contributed by atoms with Gasteiger partial charge in [0, 0.05) is 49.7 Å². The van der Waals surface area contributed by atoms with Gasteiger partial charge in [-0.2, -0.15) is 13.2 Å². The average molecular weight is 423 g/mol. The van der Waals surface area contributed by atoms with Crippen molar-refractivity contribution in [2.45, 2.75) is 50.9 Å². The molecule has 0 aliphatic carbocycles. The highest BCUT2D eigenvalue weighted by molar-refractivity contribution is 7.11. The Bertz CT molecular complexity index is 627. The molecule has 1 aromatic rings. The van der Waals surface area contributed by atoms with Gasteiger partial charge in [0.1, 0.15) is 0 Å². The summed E-state index contributed by atoms with van der Waals surface area (Å²) in [4.78, 5) is 14.4. The summed E-state index contributed by atoms with van der Waals surface area (Å²) in [7, 11) is 1.80. The second-order valence-electron chi connectivity index (χ2n) is 7.27. The molecule has 5 nitrogen and oxygen atoms in total. The molecule has 160 valence electrons. The Morgan fingerprint density at radius 1 is 1.39 bits per heavy atom. The highest BCUT2D eigenvalue weighted by Gasteiger charge is 2.45. The van der Waals surface area contributed by atoms with E-state index in [0.717, 1.165) is 26.2 Å². The summed E-state index contributed by atoms with van der Waals surface area (Å²) in [6.07, 6.45) is -0.342. The van der Waals surface area contributed by atoms with Crippen LogP contribution in [0.1, 0.15) is 35.4 Å². The zero-order valence-corrected chi connectivity index (χ0v) is 17.1. The van der Waals surface area contributed by atoms with E-state index in [2.05, 4.69) is 24.0 Å². The van der Waals surface area contributed by atoms with Gasteiger partial charge in [-0.15, -0.1) is 11.3 Å². The Morgan fingerprint density at radius 2 is 2.04 bits per heavy atom. The fourth-order valence-electron chi connectivity index (χ4n) is 3.89. The molecular formula is C19H28F3NO4S. The van der Waals surface area contributed by atoms with Crippen LogP contribution in [0.5, 0.6) is 0 Å². The number of likely N-dealkylation sites (tertiary alicyclic amines) is 1. The molecule has 2 aliphatic heterocycles. The Morgan fingerprint density at radius 3 is 2.54 bits per heavy atom. The standard InChI is InChI=1S/C17H27NO2S.C2HF3O2/c1-14-3-4-16(21-14)13-18-9-7-17(8-10-18)15(5-11-19-2)6-12-20-17;3-2(4,5)1(6)7/h3-4,15H,5-13H2,1-2H3;(H,6,7). The van der Waals surface area contributed by atoms with Crippen LogP contribution in [0.3, 0.4) is 0 Å². The van der Waals surface area contributed by atoms with Crippen molar-refractivity contribution in [2.75, 3.05) is 33.4 Å². The minimum absolute atomic E-state index is 0.153. The number of halogens is 3. The number of thiophene rings is 1. The lowest BCUT2D eigenvalue weighted by molar-refractivity contribution is -0.192. The molecule has 1 spiro atoms. The van der Waals surface area contributed by atoms with E-state index in [-0.39, 0.29) is 5.60 Å². The molecule has 3 rings (SSSR count). The van der Waals surface area contributed by atoms with E-state index in [0.29, 0.717) is 5.92 Å². The number of methoxy groups -OCH3 is 1. The molecule has 0 amide bonds. The van der Waals surface area contributed by atoms with Gasteiger partial charge in [0.05, 0.1) is 5.60 Å². The first-order valence-corrected chi connectivity index (χ1v) is 10.2. The number of nitrogens with zero attached hydrogens (tertiary/aromatic N) is 1. The number of carbonyl (C=O) groups is 1. The number of alkyl halides is 3. The number of hydrogen-bond donors (Lipinski definition) is 1. The van der Waals surface area contributed by atoms with Crippen molar-refractivity contribution in [3.8, 4) is 0 Å². The summed E-state index contributed by atoms with van der Waals surface area (Å²) in [6.45, 7) is 7.44. The van der Waals surface area contributed by atoms with Crippen LogP contribution in [0.15, 0.2) is 12.1 Å². The fourth-order valence-corrected chi connectivity index (χ4v) is 4.82. The van der Waals surface area contributed by atoms with E-state index in [1.165, 1.54) is 42.1 Å². The third kappa shape index (κ3) is 6.43. The van der Waals surface area contributed by atoms with Crippen LogP contribution in [0.2, 0.25) is 0 Å². The molecule has 1 N–H and O–H groups in total. The monoisotopic (exact) mass is 423 g/mol. The molecule has 3 heterocycles. The second kappa shape index (κ2) is 10.0. The first kappa shape index (κ1) is 23.1. The van der Waals surface area contributed by atoms with Crippen LogP contribution < -0.4 is 0 Å². The maximum Gasteiger partial charge on any atom is 0.490 e. The second-order valence-corrected chi connectivity index (χ2v) is 8.64. The number of aryl methyl sites for hydroxylation is 1. The molecule has 9 heteroatoms. The maximum atomic E-state index is 10.6. The van der Waals surface area contributed by atoms with Crippen molar-refractivity contribution < 1.29 is 32.5 Å². The van der Waals surface area contributed by atoms with Crippen LogP contribution in [-0.2, 0) is 20.8 Å². The lowest BCUT2D eigenvalue weighted by atomic mass is 9.78. The fraction of sp³-hybridized carbons (Fsp3) is 0.737. The van der Waals surface area contributed by atoms with Gasteiger partial charge in [0.25, 0.3) is 0 Å². The third-order valence-electron chi connectivity index (χ3n) is 5.39. The van der Waals surface area contributed by atoms with E-state index < -0.39 is 12.1 Å². The summed E-state index contributed by atoms with van der Waals surface area (Å²) < 4.78 is 43.2. The van der Waals surface area contributed by atoms with Gasteiger partial charge in [0.15, 0.2) is 0 Å². The largest absolute Gasteiger partial charge is 0.490 e. The molecule has 1 unspecified atom stereocenters. The lowest BCUT2D eigenvalue weighted by Crippen LogP contribution is -2.47. The van der Waals surface area contributed by atoms with E-state index in [1.54, 1.807) is 7.11 Å². The molecule has 0 aromatic carbocycles. The zero-order valence-electron chi connectivity index (χ0n) is 16.3. The molecule has 0 bridgehead atoms. The smallest absolute Gasteiger partial charge is 0.475 e. The number of carboxylic acids is 1. The summed E-state index contributed by atoms with van der Waals surface area (Å²) in [5, 5.41) is 7.12. The molecule has 2 saturated heterocycles. The molecule has 28 heavy (non-hydrogen) atoms. The van der Waals surface area contributed by atoms with Gasteiger partial charge >= 0.3 is 12.1 Å². The number of aliphatic carboxylic acids is 1. The summed E-state index contributed by atoms with van der Waals surface area (Å²) >= 11 is 1.93. The van der Waals surface area contributed by atoms with Crippen molar-refractivity contribution in [1.82, 2.24) is 4.90 Å². The Balaban J connectivity index is 0.000000345. The summed E-state index contributed by atoms with van der Waals surface area (Å²) in [6, 6.07) is 4.50. The minimum atomic E-state index is -5.08. The maximum absolute atomic E-state index is 10.6. The molecule has 2 fully saturated rings. The normalized spacial score (nSPS) is 22.1. The van der Waals surface area contributed by atoms with Gasteiger partial charge < -0.3 is 14.6 Å². The number of rotatable bonds is 5. The van der Waals surface area contributed by atoms with Crippen molar-refractivity contribution in [1.29, 1.82) is 0 Å². The molecule has 1 aromatic heterocycles. The van der Waals surface area contributed by atoms with Crippen molar-refractivity contribution in [2.24, 2.45) is 5.92 Å². The number of hydrogen-bond acceptors (Lipinski definition) is 5. The number of ether oxygens (including phenoxy) is 2. The van der Waals surface area contributed by atoms with Gasteiger partial charge in [-0.05, 0) is 50.7 Å². The van der Waals surface area contributed by atoms with Gasteiger partial charge in [-0.25, -0.2) is 4.79 Å². The highest BCUT2D eigenvalue weighted by Crippen LogP contribution is 2.42. The molecule has 0 radical (unpaired) electrons. The summed E-state index contributed by atoms with van der Waals surface area (Å²) in [5.41, 5.74) is 0.153. The molecule has 1 atom stereocenters. The first-order chi connectivity index (χ1) is 13.2. The van der Waals surface area contributed by atoms with Crippen LogP contribution >= 0.6 is 11.3 Å². The van der Waals surface area contributed by atoms with Crippen molar-refractivity contribution in [3.05, 3.63) is 21.9 Å². The lowest BCUT2D eigenvalue weighted by Gasteiger charge is -2.42. The number of piperidine rings is 1. The van der Waals surface area contributed by atoms with E-state index >= 15 is 0 Å². The quantitative estimate of drug-likeness (QED) is 0.773. The molecule has 2 aliphatic rings. The van der Waals surface area contributed by atoms with Crippen LogP contribution in [-0.4, -0.2) is 61.2 Å². The van der Waals surface area contributed by atoms with E-state index in [9.17, 15) is 13.2 Å². The highest BCUT2D eigenvalue weighted by atomic mass is 32.1. The third-order valence-corrected chi connectivity index (χ3v) is 6.38. The SMILES string of the molecule is COCCC1CCOC12CCN(Cc1ccc(C)s1)CC2.O=C(O)C(F)(F)F. The van der Waals surface area contributed by atoms with E-state index in [4.69, 9.17) is 19.4 Å². The average Bonchev–Trinajstić information content (AvgIpc) is 3.21.